The lowest BCUT2D eigenvalue weighted by atomic mass is 10.0. The quantitative estimate of drug-likeness (QED) is 0.868. The Bertz CT molecular complexity index is 396. The van der Waals surface area contributed by atoms with Crippen LogP contribution in [-0.2, 0) is 6.42 Å². The van der Waals surface area contributed by atoms with Crippen LogP contribution in [0.2, 0.25) is 0 Å². The second-order valence-electron chi connectivity index (χ2n) is 5.55. The Labute approximate surface area is 104 Å². The maximum atomic E-state index is 6.01. The van der Waals surface area contributed by atoms with Gasteiger partial charge in [-0.3, -0.25) is 0 Å². The van der Waals surface area contributed by atoms with Crippen molar-refractivity contribution >= 4 is 5.69 Å². The summed E-state index contributed by atoms with van der Waals surface area (Å²) >= 11 is 0. The number of nitrogens with zero attached hydrogens (tertiary/aromatic N) is 1. The molecule has 0 unspecified atom stereocenters. The van der Waals surface area contributed by atoms with E-state index in [9.17, 15) is 0 Å². The van der Waals surface area contributed by atoms with E-state index in [4.69, 9.17) is 10.5 Å². The van der Waals surface area contributed by atoms with Crippen LogP contribution in [0.25, 0.3) is 0 Å². The van der Waals surface area contributed by atoms with Crippen LogP contribution in [0.3, 0.4) is 0 Å². The van der Waals surface area contributed by atoms with Gasteiger partial charge >= 0.3 is 0 Å². The monoisotopic (exact) mass is 234 g/mol. The maximum Gasteiger partial charge on any atom is 0.122 e. The van der Waals surface area contributed by atoms with Crippen LogP contribution in [0.15, 0.2) is 18.2 Å². The van der Waals surface area contributed by atoms with Gasteiger partial charge in [0.1, 0.15) is 5.75 Å². The van der Waals surface area contributed by atoms with Crippen LogP contribution in [0.5, 0.6) is 5.75 Å². The van der Waals surface area contributed by atoms with E-state index in [-0.39, 0.29) is 5.54 Å². The number of ether oxygens (including phenoxy) is 1. The van der Waals surface area contributed by atoms with E-state index in [2.05, 4.69) is 44.0 Å². The standard InChI is InChI=1S/C14H22N2O/c1-14(2,15)7-8-16(3)12-4-5-13-11(10-12)6-9-17-13/h4-5,10H,6-9,15H2,1-3H3. The van der Waals surface area contributed by atoms with Crippen molar-refractivity contribution in [3.63, 3.8) is 0 Å². The second-order valence-corrected chi connectivity index (χ2v) is 5.55. The summed E-state index contributed by atoms with van der Waals surface area (Å²) in [6, 6.07) is 6.42. The highest BCUT2D eigenvalue weighted by molar-refractivity contribution is 5.53. The zero-order valence-electron chi connectivity index (χ0n) is 11.0. The first-order chi connectivity index (χ1) is 7.96. The predicted molar refractivity (Wildman–Crippen MR) is 71.8 cm³/mol. The summed E-state index contributed by atoms with van der Waals surface area (Å²) in [6.45, 7) is 5.93. The Hall–Kier alpha value is -1.22. The van der Waals surface area contributed by atoms with Gasteiger partial charge in [-0.25, -0.2) is 0 Å². The van der Waals surface area contributed by atoms with Gasteiger partial charge in [0, 0.05) is 31.2 Å². The van der Waals surface area contributed by atoms with Crippen molar-refractivity contribution < 1.29 is 4.74 Å². The molecule has 17 heavy (non-hydrogen) atoms. The normalized spacial score (nSPS) is 14.4. The highest BCUT2D eigenvalue weighted by Gasteiger charge is 2.15. The molecule has 0 radical (unpaired) electrons. The van der Waals surface area contributed by atoms with E-state index < -0.39 is 0 Å². The zero-order valence-corrected chi connectivity index (χ0v) is 11.0. The molecule has 1 aliphatic heterocycles. The lowest BCUT2D eigenvalue weighted by Crippen LogP contribution is -2.36. The molecule has 0 saturated carbocycles. The molecule has 0 saturated heterocycles. The molecular weight excluding hydrogens is 212 g/mol. The Kier molecular flexibility index (Phi) is 3.29. The minimum atomic E-state index is -0.103. The van der Waals surface area contributed by atoms with Crippen LogP contribution in [-0.4, -0.2) is 25.7 Å². The van der Waals surface area contributed by atoms with Crippen molar-refractivity contribution in [3.8, 4) is 5.75 Å². The molecule has 0 amide bonds. The molecule has 94 valence electrons. The summed E-state index contributed by atoms with van der Waals surface area (Å²) in [5.74, 6) is 1.04. The topological polar surface area (TPSA) is 38.5 Å². The molecule has 0 atom stereocenters. The van der Waals surface area contributed by atoms with Crippen molar-refractivity contribution in [1.82, 2.24) is 0 Å². The van der Waals surface area contributed by atoms with Crippen molar-refractivity contribution in [3.05, 3.63) is 23.8 Å². The van der Waals surface area contributed by atoms with Crippen molar-refractivity contribution in [2.24, 2.45) is 5.73 Å². The van der Waals surface area contributed by atoms with E-state index in [0.717, 1.165) is 31.7 Å². The lowest BCUT2D eigenvalue weighted by Gasteiger charge is -2.25. The molecule has 0 aromatic heterocycles. The van der Waals surface area contributed by atoms with E-state index in [0.29, 0.717) is 0 Å². The Morgan fingerprint density at radius 2 is 2.18 bits per heavy atom. The fraction of sp³-hybridized carbons (Fsp3) is 0.571. The van der Waals surface area contributed by atoms with Crippen LogP contribution in [0.4, 0.5) is 5.69 Å². The maximum absolute atomic E-state index is 6.01. The van der Waals surface area contributed by atoms with Crippen molar-refractivity contribution in [2.75, 3.05) is 25.1 Å². The van der Waals surface area contributed by atoms with Gasteiger partial charge in [-0.15, -0.1) is 0 Å². The average Bonchev–Trinajstić information content (AvgIpc) is 2.71. The first-order valence-electron chi connectivity index (χ1n) is 6.21. The van der Waals surface area contributed by atoms with E-state index >= 15 is 0 Å². The van der Waals surface area contributed by atoms with Gasteiger partial charge in [-0.05, 0) is 44.0 Å². The molecule has 0 bridgehead atoms. The Morgan fingerprint density at radius 3 is 2.88 bits per heavy atom. The third kappa shape index (κ3) is 3.13. The fourth-order valence-corrected chi connectivity index (χ4v) is 2.00. The second kappa shape index (κ2) is 4.57. The van der Waals surface area contributed by atoms with E-state index in [1.807, 2.05) is 0 Å². The van der Waals surface area contributed by atoms with E-state index in [1.54, 1.807) is 0 Å². The first-order valence-corrected chi connectivity index (χ1v) is 6.21. The molecule has 3 heteroatoms. The number of nitrogens with two attached hydrogens (primary N) is 1. The Balaban J connectivity index is 2.02. The zero-order chi connectivity index (χ0) is 12.5. The third-order valence-electron chi connectivity index (χ3n) is 3.21. The number of anilines is 1. The molecular formula is C14H22N2O. The summed E-state index contributed by atoms with van der Waals surface area (Å²) in [6.07, 6.45) is 2.01. The van der Waals surface area contributed by atoms with E-state index in [1.165, 1.54) is 11.3 Å². The van der Waals surface area contributed by atoms with Crippen LogP contribution in [0, 0.1) is 0 Å². The SMILES string of the molecule is CN(CCC(C)(C)N)c1ccc2c(c1)CCO2. The minimum Gasteiger partial charge on any atom is -0.493 e. The molecule has 1 aromatic carbocycles. The first kappa shape index (κ1) is 12.2. The third-order valence-corrected chi connectivity index (χ3v) is 3.21. The number of hydrogen-bond donors (Lipinski definition) is 1. The molecule has 0 aliphatic carbocycles. The minimum absolute atomic E-state index is 0.103. The highest BCUT2D eigenvalue weighted by atomic mass is 16.5. The molecule has 2 rings (SSSR count). The summed E-state index contributed by atoms with van der Waals surface area (Å²) < 4.78 is 5.51. The summed E-state index contributed by atoms with van der Waals surface area (Å²) in [4.78, 5) is 2.26. The van der Waals surface area contributed by atoms with Gasteiger partial charge in [0.2, 0.25) is 0 Å². The number of hydrogen-bond acceptors (Lipinski definition) is 3. The van der Waals surface area contributed by atoms with Gasteiger partial charge in [-0.2, -0.15) is 0 Å². The summed E-state index contributed by atoms with van der Waals surface area (Å²) in [5, 5.41) is 0. The van der Waals surface area contributed by atoms with Crippen LogP contribution >= 0.6 is 0 Å². The molecule has 1 aliphatic rings. The smallest absolute Gasteiger partial charge is 0.122 e. The lowest BCUT2D eigenvalue weighted by molar-refractivity contribution is 0.357. The molecule has 0 spiro atoms. The molecule has 0 fully saturated rings. The van der Waals surface area contributed by atoms with Crippen LogP contribution in [0.1, 0.15) is 25.8 Å². The largest absolute Gasteiger partial charge is 0.493 e. The summed E-state index contributed by atoms with van der Waals surface area (Å²) in [5.41, 5.74) is 8.47. The highest BCUT2D eigenvalue weighted by Crippen LogP contribution is 2.29. The molecule has 1 heterocycles. The summed E-state index contributed by atoms with van der Waals surface area (Å²) in [7, 11) is 2.11. The molecule has 3 nitrogen and oxygen atoms in total. The average molecular weight is 234 g/mol. The van der Waals surface area contributed by atoms with Gasteiger partial charge in [0.25, 0.3) is 0 Å². The van der Waals surface area contributed by atoms with Gasteiger partial charge in [0.15, 0.2) is 0 Å². The van der Waals surface area contributed by atoms with Crippen LogP contribution < -0.4 is 15.4 Å². The van der Waals surface area contributed by atoms with Gasteiger partial charge < -0.3 is 15.4 Å². The van der Waals surface area contributed by atoms with Crippen molar-refractivity contribution in [1.29, 1.82) is 0 Å². The van der Waals surface area contributed by atoms with Gasteiger partial charge in [-0.1, -0.05) is 0 Å². The Morgan fingerprint density at radius 1 is 1.41 bits per heavy atom. The number of fused-ring (bicyclic) bond motifs is 1. The fourth-order valence-electron chi connectivity index (χ4n) is 2.00. The molecule has 1 aromatic rings. The van der Waals surface area contributed by atoms with Crippen molar-refractivity contribution in [2.45, 2.75) is 32.2 Å². The number of rotatable bonds is 4. The molecule has 2 N–H and O–H groups in total. The van der Waals surface area contributed by atoms with Gasteiger partial charge in [0.05, 0.1) is 6.61 Å². The number of benzene rings is 1. The predicted octanol–water partition coefficient (Wildman–Crippen LogP) is 2.19.